The SMILES string of the molecule is CCCCCCCC/C=C\CCCCCCCC(=O)OCCCC/C=C\CCCCCCCC(=O)NC(CO)C(O)CCCCCCCCCCCC. The highest BCUT2D eigenvalue weighted by molar-refractivity contribution is 5.76. The molecule has 0 spiro atoms. The van der Waals surface area contributed by atoms with Crippen molar-refractivity contribution in [2.45, 2.75) is 251 Å². The number of ether oxygens (including phenoxy) is 1. The first-order chi connectivity index (χ1) is 26.0. The summed E-state index contributed by atoms with van der Waals surface area (Å²) in [5.74, 6) is -0.107. The monoisotopic (exact) mass is 748 g/mol. The number of aliphatic hydroxyl groups excluding tert-OH is 2. The van der Waals surface area contributed by atoms with Crippen LogP contribution in [0.1, 0.15) is 239 Å². The summed E-state index contributed by atoms with van der Waals surface area (Å²) in [6.45, 7) is 4.84. The second-order valence-electron chi connectivity index (χ2n) is 15.7. The van der Waals surface area contributed by atoms with Gasteiger partial charge in [0.25, 0.3) is 0 Å². The lowest BCUT2D eigenvalue weighted by atomic mass is 10.0. The molecule has 0 saturated carbocycles. The third kappa shape index (κ3) is 39.8. The van der Waals surface area contributed by atoms with Gasteiger partial charge in [-0.15, -0.1) is 0 Å². The summed E-state index contributed by atoms with van der Waals surface area (Å²) in [5.41, 5.74) is 0. The second-order valence-corrected chi connectivity index (χ2v) is 15.7. The number of carbonyl (C=O) groups is 2. The molecule has 0 aliphatic heterocycles. The van der Waals surface area contributed by atoms with E-state index in [4.69, 9.17) is 4.74 Å². The molecule has 0 heterocycles. The summed E-state index contributed by atoms with van der Waals surface area (Å²) in [6.07, 6.45) is 48.5. The van der Waals surface area contributed by atoms with Crippen LogP contribution in [0.2, 0.25) is 0 Å². The van der Waals surface area contributed by atoms with Crippen LogP contribution in [-0.4, -0.2) is 47.4 Å². The molecule has 6 heteroatoms. The van der Waals surface area contributed by atoms with Gasteiger partial charge < -0.3 is 20.3 Å². The van der Waals surface area contributed by atoms with Crippen molar-refractivity contribution in [3.05, 3.63) is 24.3 Å². The van der Waals surface area contributed by atoms with Gasteiger partial charge in [0.1, 0.15) is 0 Å². The van der Waals surface area contributed by atoms with Gasteiger partial charge in [-0.25, -0.2) is 0 Å². The number of rotatable bonds is 42. The van der Waals surface area contributed by atoms with Crippen LogP contribution in [-0.2, 0) is 14.3 Å². The minimum absolute atomic E-state index is 0.0400. The molecule has 1 amide bonds. The Balaban J connectivity index is 3.52. The summed E-state index contributed by atoms with van der Waals surface area (Å²) in [6, 6.07) is -0.560. The molecule has 3 N–H and O–H groups in total. The summed E-state index contributed by atoms with van der Waals surface area (Å²) < 4.78 is 5.42. The molecule has 0 saturated heterocycles. The largest absolute Gasteiger partial charge is 0.466 e. The average Bonchev–Trinajstić information content (AvgIpc) is 3.16. The molecule has 0 aromatic carbocycles. The lowest BCUT2D eigenvalue weighted by Crippen LogP contribution is -2.45. The first-order valence-electron chi connectivity index (χ1n) is 23.1. The van der Waals surface area contributed by atoms with E-state index in [-0.39, 0.29) is 18.5 Å². The number of esters is 1. The van der Waals surface area contributed by atoms with Crippen molar-refractivity contribution >= 4 is 11.9 Å². The number of hydrogen-bond donors (Lipinski definition) is 3. The van der Waals surface area contributed by atoms with Crippen LogP contribution in [0.15, 0.2) is 24.3 Å². The molecule has 0 aromatic rings. The third-order valence-corrected chi connectivity index (χ3v) is 10.5. The van der Waals surface area contributed by atoms with E-state index >= 15 is 0 Å². The number of carbonyl (C=O) groups excluding carboxylic acids is 2. The second kappa shape index (κ2) is 43.1. The van der Waals surface area contributed by atoms with Crippen LogP contribution >= 0.6 is 0 Å². The normalized spacial score (nSPS) is 12.9. The van der Waals surface area contributed by atoms with E-state index in [1.165, 1.54) is 122 Å². The Bertz CT molecular complexity index is 828. The zero-order valence-corrected chi connectivity index (χ0v) is 35.2. The molecule has 0 fully saturated rings. The molecule has 0 radical (unpaired) electrons. The lowest BCUT2D eigenvalue weighted by Gasteiger charge is -2.22. The Hall–Kier alpha value is -1.66. The van der Waals surface area contributed by atoms with E-state index in [9.17, 15) is 19.8 Å². The van der Waals surface area contributed by atoms with Gasteiger partial charge in [0, 0.05) is 12.8 Å². The topological polar surface area (TPSA) is 95.9 Å². The maximum Gasteiger partial charge on any atom is 0.305 e. The molecule has 0 rings (SSSR count). The Morgan fingerprint density at radius 3 is 1.34 bits per heavy atom. The fraction of sp³-hybridized carbons (Fsp3) is 0.872. The number of aliphatic hydroxyl groups is 2. The van der Waals surface area contributed by atoms with Crippen LogP contribution < -0.4 is 5.32 Å². The average molecular weight is 748 g/mol. The van der Waals surface area contributed by atoms with Crippen LogP contribution in [0, 0.1) is 0 Å². The first kappa shape index (κ1) is 51.3. The Morgan fingerprint density at radius 2 is 0.887 bits per heavy atom. The number of unbranched alkanes of at least 4 members (excludes halogenated alkanes) is 27. The fourth-order valence-corrected chi connectivity index (χ4v) is 6.86. The van der Waals surface area contributed by atoms with E-state index in [2.05, 4.69) is 43.5 Å². The fourth-order valence-electron chi connectivity index (χ4n) is 6.86. The molecular formula is C47H89NO5. The summed E-state index contributed by atoms with van der Waals surface area (Å²) in [4.78, 5) is 24.4. The lowest BCUT2D eigenvalue weighted by molar-refractivity contribution is -0.143. The van der Waals surface area contributed by atoms with Crippen molar-refractivity contribution in [2.24, 2.45) is 0 Å². The number of amides is 1. The van der Waals surface area contributed by atoms with Gasteiger partial charge in [-0.1, -0.05) is 173 Å². The Morgan fingerprint density at radius 1 is 0.509 bits per heavy atom. The molecule has 312 valence electrons. The number of hydrogen-bond acceptors (Lipinski definition) is 5. The zero-order chi connectivity index (χ0) is 38.7. The van der Waals surface area contributed by atoms with E-state index < -0.39 is 12.1 Å². The summed E-state index contributed by atoms with van der Waals surface area (Å²) in [5, 5.41) is 23.0. The van der Waals surface area contributed by atoms with Gasteiger partial charge in [0.05, 0.1) is 25.4 Å². The van der Waals surface area contributed by atoms with Gasteiger partial charge in [0.2, 0.25) is 5.91 Å². The molecule has 0 bridgehead atoms. The van der Waals surface area contributed by atoms with Crippen LogP contribution in [0.3, 0.4) is 0 Å². The molecule has 6 nitrogen and oxygen atoms in total. The maximum atomic E-state index is 12.4. The van der Waals surface area contributed by atoms with Gasteiger partial charge in [-0.2, -0.15) is 0 Å². The molecule has 0 aliphatic carbocycles. The number of nitrogens with one attached hydrogen (secondary N) is 1. The minimum atomic E-state index is -0.680. The van der Waals surface area contributed by atoms with E-state index in [0.29, 0.717) is 25.9 Å². The van der Waals surface area contributed by atoms with Gasteiger partial charge in [0.15, 0.2) is 0 Å². The van der Waals surface area contributed by atoms with Crippen molar-refractivity contribution in [1.29, 1.82) is 0 Å². The predicted molar refractivity (Wildman–Crippen MR) is 227 cm³/mol. The first-order valence-corrected chi connectivity index (χ1v) is 23.1. The van der Waals surface area contributed by atoms with Gasteiger partial charge in [-0.05, 0) is 77.0 Å². The molecule has 2 atom stereocenters. The molecular weight excluding hydrogens is 659 g/mol. The highest BCUT2D eigenvalue weighted by Crippen LogP contribution is 2.15. The molecule has 0 aromatic heterocycles. The van der Waals surface area contributed by atoms with Crippen LogP contribution in [0.25, 0.3) is 0 Å². The summed E-state index contributed by atoms with van der Waals surface area (Å²) >= 11 is 0. The van der Waals surface area contributed by atoms with E-state index in [1.807, 2.05) is 0 Å². The van der Waals surface area contributed by atoms with Gasteiger partial charge >= 0.3 is 5.97 Å². The zero-order valence-electron chi connectivity index (χ0n) is 35.2. The van der Waals surface area contributed by atoms with Crippen molar-refractivity contribution in [2.75, 3.05) is 13.2 Å². The van der Waals surface area contributed by atoms with Crippen molar-refractivity contribution < 1.29 is 24.5 Å². The molecule has 53 heavy (non-hydrogen) atoms. The highest BCUT2D eigenvalue weighted by Gasteiger charge is 2.20. The molecule has 2 unspecified atom stereocenters. The quantitative estimate of drug-likeness (QED) is 0.0328. The van der Waals surface area contributed by atoms with Crippen molar-refractivity contribution in [3.8, 4) is 0 Å². The number of allylic oxidation sites excluding steroid dienone is 4. The standard InChI is InChI=1S/C47H89NO5/c1-3-5-7-9-11-13-15-16-17-18-21-25-29-33-37-41-47(52)53-42-38-34-30-26-22-19-20-24-28-32-36-40-46(51)48-44(43-49)45(50)39-35-31-27-23-14-12-10-8-6-4-2/h16-17,22,26,44-45,49-50H,3-15,18-21,23-25,27-43H2,1-2H3,(H,48,51)/b17-16-,26-22-. The summed E-state index contributed by atoms with van der Waals surface area (Å²) in [7, 11) is 0. The maximum absolute atomic E-state index is 12.4. The van der Waals surface area contributed by atoms with Crippen LogP contribution in [0.4, 0.5) is 0 Å². The van der Waals surface area contributed by atoms with E-state index in [1.54, 1.807) is 0 Å². The third-order valence-electron chi connectivity index (χ3n) is 10.5. The Labute approximate surface area is 329 Å². The minimum Gasteiger partial charge on any atom is -0.466 e. The van der Waals surface area contributed by atoms with Crippen molar-refractivity contribution in [3.63, 3.8) is 0 Å². The molecule has 0 aliphatic rings. The van der Waals surface area contributed by atoms with Gasteiger partial charge in [-0.3, -0.25) is 9.59 Å². The van der Waals surface area contributed by atoms with Crippen LogP contribution in [0.5, 0.6) is 0 Å². The van der Waals surface area contributed by atoms with Crippen molar-refractivity contribution in [1.82, 2.24) is 5.32 Å². The smallest absolute Gasteiger partial charge is 0.305 e. The van der Waals surface area contributed by atoms with E-state index in [0.717, 1.165) is 83.5 Å². The Kier molecular flexibility index (Phi) is 41.7. The highest BCUT2D eigenvalue weighted by atomic mass is 16.5. The predicted octanol–water partition coefficient (Wildman–Crippen LogP) is 13.2.